The molecule has 0 bridgehead atoms. The monoisotopic (exact) mass is 550 g/mol. The molecule has 0 saturated heterocycles. The van der Waals surface area contributed by atoms with E-state index in [0.29, 0.717) is 11.4 Å². The van der Waals surface area contributed by atoms with Crippen LogP contribution in [0.5, 0.6) is 0 Å². The van der Waals surface area contributed by atoms with E-state index in [1.54, 1.807) is 0 Å². The predicted octanol–water partition coefficient (Wildman–Crippen LogP) is 6.18. The molecule has 0 amide bonds. The van der Waals surface area contributed by atoms with Crippen LogP contribution >= 0.6 is 0 Å². The number of anilines is 2. The van der Waals surface area contributed by atoms with Crippen molar-refractivity contribution >= 4 is 42.9 Å². The molecule has 0 aliphatic rings. The minimum atomic E-state index is -4.36. The molecule has 9 nitrogen and oxygen atoms in total. The van der Waals surface area contributed by atoms with Crippen LogP contribution in [0.1, 0.15) is 12.5 Å². The van der Waals surface area contributed by atoms with Gasteiger partial charge < -0.3 is 4.90 Å². The molecule has 0 aromatic heterocycles. The summed E-state index contributed by atoms with van der Waals surface area (Å²) in [5.41, 5.74) is 3.59. The van der Waals surface area contributed by atoms with Crippen molar-refractivity contribution in [1.82, 2.24) is 0 Å². The van der Waals surface area contributed by atoms with Crippen molar-refractivity contribution < 1.29 is 21.4 Å². The van der Waals surface area contributed by atoms with Crippen LogP contribution in [0.15, 0.2) is 123 Å². The molecule has 38 heavy (non-hydrogen) atoms. The molecule has 0 aliphatic carbocycles. The molecule has 11 heteroatoms. The number of azo groups is 1. The fourth-order valence-corrected chi connectivity index (χ4v) is 5.17. The maximum atomic E-state index is 12.7. The van der Waals surface area contributed by atoms with E-state index < -0.39 is 20.1 Å². The zero-order valence-corrected chi connectivity index (χ0v) is 22.1. The highest BCUT2D eigenvalue weighted by Crippen LogP contribution is 2.25. The van der Waals surface area contributed by atoms with E-state index in [4.69, 9.17) is 4.55 Å². The second-order valence-electron chi connectivity index (χ2n) is 8.32. The number of rotatable bonds is 10. The van der Waals surface area contributed by atoms with E-state index in [2.05, 4.69) is 38.9 Å². The van der Waals surface area contributed by atoms with Gasteiger partial charge in [0, 0.05) is 24.5 Å². The smallest absolute Gasteiger partial charge is 0.294 e. The molecule has 0 radical (unpaired) electrons. The molecule has 2 N–H and O–H groups in total. The predicted molar refractivity (Wildman–Crippen MR) is 147 cm³/mol. The molecule has 4 rings (SSSR count). The molecule has 0 heterocycles. The minimum Gasteiger partial charge on any atom is -0.367 e. The molecule has 4 aromatic rings. The minimum absolute atomic E-state index is 0.00210. The van der Waals surface area contributed by atoms with Crippen molar-refractivity contribution in [2.75, 3.05) is 16.2 Å². The second kappa shape index (κ2) is 11.5. The Morgan fingerprint density at radius 2 is 1.24 bits per heavy atom. The summed E-state index contributed by atoms with van der Waals surface area (Å²) in [5.74, 6) is 0. The number of sulfonamides is 1. The lowest BCUT2D eigenvalue weighted by Gasteiger charge is -2.23. The van der Waals surface area contributed by atoms with Crippen molar-refractivity contribution in [2.45, 2.75) is 23.3 Å². The Hall–Kier alpha value is -4.06. The van der Waals surface area contributed by atoms with Crippen LogP contribution in [0, 0.1) is 0 Å². The fraction of sp³-hybridized carbons (Fsp3) is 0.111. The van der Waals surface area contributed by atoms with Gasteiger partial charge in [0.15, 0.2) is 0 Å². The summed E-state index contributed by atoms with van der Waals surface area (Å²) in [6.07, 6.45) is 0. The lowest BCUT2D eigenvalue weighted by molar-refractivity contribution is 0.483. The van der Waals surface area contributed by atoms with Crippen molar-refractivity contribution in [3.8, 4) is 0 Å². The van der Waals surface area contributed by atoms with Gasteiger partial charge in [-0.05, 0) is 85.3 Å². The van der Waals surface area contributed by atoms with E-state index in [1.807, 2.05) is 42.5 Å². The van der Waals surface area contributed by atoms with E-state index in [0.717, 1.165) is 30.9 Å². The molecule has 0 aliphatic heterocycles. The Morgan fingerprint density at radius 1 is 0.711 bits per heavy atom. The molecule has 196 valence electrons. The maximum Gasteiger partial charge on any atom is 0.294 e. The van der Waals surface area contributed by atoms with Crippen molar-refractivity contribution in [1.29, 1.82) is 0 Å². The highest BCUT2D eigenvalue weighted by molar-refractivity contribution is 7.92. The number of hydrogen-bond donors (Lipinski definition) is 2. The molecule has 0 atom stereocenters. The van der Waals surface area contributed by atoms with Crippen LogP contribution in [0.3, 0.4) is 0 Å². The van der Waals surface area contributed by atoms with Crippen LogP contribution in [-0.2, 0) is 26.7 Å². The normalized spacial score (nSPS) is 11.9. The topological polar surface area (TPSA) is 128 Å². The van der Waals surface area contributed by atoms with Gasteiger partial charge in [-0.25, -0.2) is 8.42 Å². The quantitative estimate of drug-likeness (QED) is 0.179. The lowest BCUT2D eigenvalue weighted by atomic mass is 10.2. The lowest BCUT2D eigenvalue weighted by Crippen LogP contribution is -2.21. The molecular weight excluding hydrogens is 524 g/mol. The zero-order chi connectivity index (χ0) is 27.2. The Bertz CT molecular complexity index is 1610. The van der Waals surface area contributed by atoms with Gasteiger partial charge in [0.25, 0.3) is 20.1 Å². The third-order valence-corrected chi connectivity index (χ3v) is 7.91. The van der Waals surface area contributed by atoms with Gasteiger partial charge in [-0.2, -0.15) is 18.6 Å². The number of hydrogen-bond acceptors (Lipinski definition) is 7. The first kappa shape index (κ1) is 27.0. The molecule has 0 spiro atoms. The SMILES string of the molecule is CCN(Cc1ccccc1)c1ccc(N=Nc2ccc(S(=O)(=O)Nc3ccc(S(=O)(=O)O)cc3)cc2)cc1. The number of nitrogens with one attached hydrogen (secondary N) is 1. The first-order chi connectivity index (χ1) is 18.1. The summed E-state index contributed by atoms with van der Waals surface area (Å²) in [4.78, 5) is 1.92. The summed E-state index contributed by atoms with van der Waals surface area (Å²) in [6, 6.07) is 28.6. The van der Waals surface area contributed by atoms with Crippen molar-refractivity contribution in [3.05, 3.63) is 109 Å². The van der Waals surface area contributed by atoms with Gasteiger partial charge in [-0.3, -0.25) is 9.27 Å². The third kappa shape index (κ3) is 7.03. The zero-order valence-electron chi connectivity index (χ0n) is 20.5. The number of benzene rings is 4. The summed E-state index contributed by atoms with van der Waals surface area (Å²) >= 11 is 0. The standard InChI is InChI=1S/C27H26N4O5S2/c1-2-31(20-21-6-4-3-5-7-21)25-14-8-22(9-15-25)28-29-23-10-16-26(17-11-23)37(32,33)30-24-12-18-27(19-13-24)38(34,35)36/h3-19,30H,2,20H2,1H3,(H,34,35,36). The van der Waals surface area contributed by atoms with E-state index in [1.165, 1.54) is 42.0 Å². The van der Waals surface area contributed by atoms with Crippen LogP contribution in [-0.4, -0.2) is 27.9 Å². The van der Waals surface area contributed by atoms with Crippen LogP contribution in [0.2, 0.25) is 0 Å². The van der Waals surface area contributed by atoms with Gasteiger partial charge >= 0.3 is 0 Å². The largest absolute Gasteiger partial charge is 0.367 e. The molecule has 0 saturated carbocycles. The maximum absolute atomic E-state index is 12.7. The first-order valence-electron chi connectivity index (χ1n) is 11.7. The van der Waals surface area contributed by atoms with Gasteiger partial charge in [-0.1, -0.05) is 30.3 Å². The summed E-state index contributed by atoms with van der Waals surface area (Å²) in [5, 5.41) is 8.44. The Morgan fingerprint density at radius 3 is 1.76 bits per heavy atom. The highest BCUT2D eigenvalue weighted by atomic mass is 32.2. The summed E-state index contributed by atoms with van der Waals surface area (Å²) in [6.45, 7) is 3.77. The molecule has 0 unspecified atom stereocenters. The van der Waals surface area contributed by atoms with E-state index in [-0.39, 0.29) is 15.5 Å². The van der Waals surface area contributed by atoms with Crippen LogP contribution in [0.25, 0.3) is 0 Å². The van der Waals surface area contributed by atoms with Gasteiger partial charge in [0.2, 0.25) is 0 Å². The van der Waals surface area contributed by atoms with Crippen molar-refractivity contribution in [3.63, 3.8) is 0 Å². The Balaban J connectivity index is 1.39. The third-order valence-electron chi connectivity index (χ3n) is 5.65. The second-order valence-corrected chi connectivity index (χ2v) is 11.4. The van der Waals surface area contributed by atoms with E-state index in [9.17, 15) is 16.8 Å². The Kier molecular flexibility index (Phi) is 8.20. The van der Waals surface area contributed by atoms with Crippen molar-refractivity contribution in [2.24, 2.45) is 10.2 Å². The number of nitrogens with zero attached hydrogens (tertiary/aromatic N) is 3. The molecule has 0 fully saturated rings. The summed E-state index contributed by atoms with van der Waals surface area (Å²) in [7, 11) is -8.29. The van der Waals surface area contributed by atoms with E-state index >= 15 is 0 Å². The van der Waals surface area contributed by atoms with Gasteiger partial charge in [0.05, 0.1) is 21.2 Å². The first-order valence-corrected chi connectivity index (χ1v) is 14.6. The van der Waals surface area contributed by atoms with Gasteiger partial charge in [-0.15, -0.1) is 0 Å². The summed E-state index contributed by atoms with van der Waals surface area (Å²) < 4.78 is 59.0. The molecule has 4 aromatic carbocycles. The highest BCUT2D eigenvalue weighted by Gasteiger charge is 2.15. The Labute approximate surface area is 222 Å². The van der Waals surface area contributed by atoms with Crippen LogP contribution in [0.4, 0.5) is 22.7 Å². The van der Waals surface area contributed by atoms with Gasteiger partial charge in [0.1, 0.15) is 0 Å². The average molecular weight is 551 g/mol. The fourth-order valence-electron chi connectivity index (χ4n) is 3.64. The van der Waals surface area contributed by atoms with Crippen LogP contribution < -0.4 is 9.62 Å². The average Bonchev–Trinajstić information content (AvgIpc) is 2.91. The molecular formula is C27H26N4O5S2.